The van der Waals surface area contributed by atoms with Crippen LogP contribution in [0.1, 0.15) is 41.3 Å². The van der Waals surface area contributed by atoms with E-state index in [1.165, 1.54) is 0 Å². The number of aryl methyl sites for hydroxylation is 1. The molecule has 0 N–H and O–H groups in total. The predicted molar refractivity (Wildman–Crippen MR) is 88.0 cm³/mol. The first-order chi connectivity index (χ1) is 11.4. The van der Waals surface area contributed by atoms with Crippen LogP contribution < -0.4 is 9.47 Å². The highest BCUT2D eigenvalue weighted by Gasteiger charge is 2.31. The number of hydrogen-bond donors (Lipinski definition) is 0. The normalized spacial score (nSPS) is 14.9. The fourth-order valence-corrected chi connectivity index (χ4v) is 2.36. The van der Waals surface area contributed by atoms with Gasteiger partial charge in [-0.1, -0.05) is 13.8 Å². The molecular weight excluding hydrogens is 308 g/mol. The van der Waals surface area contributed by atoms with E-state index in [0.717, 1.165) is 5.76 Å². The standard InChI is InChI=1S/C19H18O5/c1-10(2)19(21)24-15-8-7-14-17(20)16(23-18(14)12(15)4)9-13-6-5-11(3)22-13/h5-10H,1-4H3/b16-9-. The molecule has 0 bridgehead atoms. The number of ether oxygens (including phenoxy) is 2. The van der Waals surface area contributed by atoms with Crippen LogP contribution >= 0.6 is 0 Å². The number of ketones is 1. The largest absolute Gasteiger partial charge is 0.462 e. The molecule has 124 valence electrons. The molecule has 1 aromatic carbocycles. The Bertz CT molecular complexity index is 855. The summed E-state index contributed by atoms with van der Waals surface area (Å²) in [7, 11) is 0. The summed E-state index contributed by atoms with van der Waals surface area (Å²) in [6, 6.07) is 6.82. The highest BCUT2D eigenvalue weighted by molar-refractivity contribution is 6.14. The molecular formula is C19H18O5. The van der Waals surface area contributed by atoms with E-state index >= 15 is 0 Å². The van der Waals surface area contributed by atoms with Gasteiger partial charge in [-0.15, -0.1) is 0 Å². The number of rotatable bonds is 3. The Kier molecular flexibility index (Phi) is 4.01. The second-order valence-corrected chi connectivity index (χ2v) is 6.03. The average molecular weight is 326 g/mol. The first-order valence-electron chi connectivity index (χ1n) is 7.73. The minimum atomic E-state index is -0.329. The van der Waals surface area contributed by atoms with Gasteiger partial charge in [0.1, 0.15) is 23.0 Å². The number of esters is 1. The first kappa shape index (κ1) is 16.1. The Hall–Kier alpha value is -2.82. The van der Waals surface area contributed by atoms with Gasteiger partial charge < -0.3 is 13.9 Å². The maximum Gasteiger partial charge on any atom is 0.313 e. The van der Waals surface area contributed by atoms with Gasteiger partial charge in [-0.05, 0) is 38.1 Å². The monoisotopic (exact) mass is 326 g/mol. The van der Waals surface area contributed by atoms with Crippen LogP contribution in [0.4, 0.5) is 0 Å². The van der Waals surface area contributed by atoms with E-state index in [2.05, 4.69) is 0 Å². The molecule has 0 saturated heterocycles. The molecule has 0 aliphatic carbocycles. The molecule has 1 aliphatic heterocycles. The molecule has 24 heavy (non-hydrogen) atoms. The van der Waals surface area contributed by atoms with Crippen LogP contribution in [-0.4, -0.2) is 11.8 Å². The fraction of sp³-hybridized carbons (Fsp3) is 0.263. The predicted octanol–water partition coefficient (Wildman–Crippen LogP) is 4.07. The maximum atomic E-state index is 12.5. The van der Waals surface area contributed by atoms with E-state index < -0.39 is 0 Å². The van der Waals surface area contributed by atoms with Crippen molar-refractivity contribution in [3.8, 4) is 11.5 Å². The number of hydrogen-bond acceptors (Lipinski definition) is 5. The lowest BCUT2D eigenvalue weighted by Gasteiger charge is -2.11. The third-order valence-corrected chi connectivity index (χ3v) is 3.75. The molecule has 0 amide bonds. The van der Waals surface area contributed by atoms with Gasteiger partial charge in [-0.3, -0.25) is 9.59 Å². The second-order valence-electron chi connectivity index (χ2n) is 6.03. The zero-order chi connectivity index (χ0) is 17.4. The first-order valence-corrected chi connectivity index (χ1v) is 7.73. The van der Waals surface area contributed by atoms with E-state index in [0.29, 0.717) is 28.4 Å². The van der Waals surface area contributed by atoms with Crippen molar-refractivity contribution in [2.75, 3.05) is 0 Å². The summed E-state index contributed by atoms with van der Waals surface area (Å²) in [5.41, 5.74) is 1.07. The molecule has 0 fully saturated rings. The Labute approximate surface area is 139 Å². The van der Waals surface area contributed by atoms with Crippen LogP contribution in [-0.2, 0) is 4.79 Å². The van der Waals surface area contributed by atoms with Crippen molar-refractivity contribution in [2.24, 2.45) is 5.92 Å². The van der Waals surface area contributed by atoms with Crippen LogP contribution in [0.25, 0.3) is 6.08 Å². The minimum Gasteiger partial charge on any atom is -0.462 e. The van der Waals surface area contributed by atoms with Crippen LogP contribution in [0.3, 0.4) is 0 Å². The Morgan fingerprint density at radius 2 is 1.92 bits per heavy atom. The summed E-state index contributed by atoms with van der Waals surface area (Å²) in [6.45, 7) is 7.11. The number of fused-ring (bicyclic) bond motifs is 1. The smallest absolute Gasteiger partial charge is 0.313 e. The summed E-state index contributed by atoms with van der Waals surface area (Å²) in [5, 5.41) is 0. The number of carbonyl (C=O) groups excluding carboxylic acids is 2. The molecule has 5 heteroatoms. The van der Waals surface area contributed by atoms with Gasteiger partial charge in [0.05, 0.1) is 11.5 Å². The lowest BCUT2D eigenvalue weighted by molar-refractivity contribution is -0.137. The molecule has 1 aromatic heterocycles. The van der Waals surface area contributed by atoms with Crippen molar-refractivity contribution in [1.82, 2.24) is 0 Å². The molecule has 0 atom stereocenters. The van der Waals surface area contributed by atoms with Crippen molar-refractivity contribution in [1.29, 1.82) is 0 Å². The molecule has 2 aromatic rings. The lowest BCUT2D eigenvalue weighted by Crippen LogP contribution is -2.15. The highest BCUT2D eigenvalue weighted by Crippen LogP contribution is 2.39. The van der Waals surface area contributed by atoms with Crippen molar-refractivity contribution in [3.63, 3.8) is 0 Å². The second kappa shape index (κ2) is 6.00. The van der Waals surface area contributed by atoms with Crippen molar-refractivity contribution >= 4 is 17.8 Å². The van der Waals surface area contributed by atoms with Gasteiger partial charge in [-0.25, -0.2) is 0 Å². The van der Waals surface area contributed by atoms with Crippen molar-refractivity contribution in [3.05, 3.63) is 52.7 Å². The molecule has 0 spiro atoms. The maximum absolute atomic E-state index is 12.5. The minimum absolute atomic E-state index is 0.190. The number of furan rings is 1. The molecule has 2 heterocycles. The molecule has 0 radical (unpaired) electrons. The van der Waals surface area contributed by atoms with E-state index in [9.17, 15) is 9.59 Å². The van der Waals surface area contributed by atoms with Crippen LogP contribution in [0.2, 0.25) is 0 Å². The lowest BCUT2D eigenvalue weighted by atomic mass is 10.1. The van der Waals surface area contributed by atoms with E-state index in [1.54, 1.807) is 45.0 Å². The van der Waals surface area contributed by atoms with Gasteiger partial charge in [0.15, 0.2) is 5.76 Å². The van der Waals surface area contributed by atoms with Gasteiger partial charge in [-0.2, -0.15) is 0 Å². The van der Waals surface area contributed by atoms with E-state index in [4.69, 9.17) is 13.9 Å². The number of carbonyl (C=O) groups is 2. The molecule has 1 aliphatic rings. The zero-order valence-electron chi connectivity index (χ0n) is 14.0. The van der Waals surface area contributed by atoms with Gasteiger partial charge in [0.25, 0.3) is 0 Å². The summed E-state index contributed by atoms with van der Waals surface area (Å²) >= 11 is 0. The summed E-state index contributed by atoms with van der Waals surface area (Å²) < 4.78 is 16.5. The van der Waals surface area contributed by atoms with E-state index in [1.807, 2.05) is 13.0 Å². The van der Waals surface area contributed by atoms with Gasteiger partial charge >= 0.3 is 5.97 Å². The summed E-state index contributed by atoms with van der Waals surface area (Å²) in [4.78, 5) is 24.2. The molecule has 5 nitrogen and oxygen atoms in total. The van der Waals surface area contributed by atoms with Crippen molar-refractivity contribution in [2.45, 2.75) is 27.7 Å². The van der Waals surface area contributed by atoms with E-state index in [-0.39, 0.29) is 23.4 Å². The third-order valence-electron chi connectivity index (χ3n) is 3.75. The quantitative estimate of drug-likeness (QED) is 0.483. The Morgan fingerprint density at radius 3 is 2.54 bits per heavy atom. The number of benzene rings is 1. The Morgan fingerprint density at radius 1 is 1.17 bits per heavy atom. The molecule has 0 saturated carbocycles. The van der Waals surface area contributed by atoms with Gasteiger partial charge in [0, 0.05) is 11.6 Å². The fourth-order valence-electron chi connectivity index (χ4n) is 2.36. The number of allylic oxidation sites excluding steroid dienone is 1. The Balaban J connectivity index is 1.92. The van der Waals surface area contributed by atoms with Crippen LogP contribution in [0.5, 0.6) is 11.5 Å². The highest BCUT2D eigenvalue weighted by atomic mass is 16.5. The average Bonchev–Trinajstić information content (AvgIpc) is 3.07. The number of Topliss-reactive ketones (excluding diaryl/α,β-unsaturated/α-hetero) is 1. The van der Waals surface area contributed by atoms with Crippen LogP contribution in [0.15, 0.2) is 34.4 Å². The SMILES string of the molecule is Cc1ccc(/C=C2\Oc3c(ccc(OC(=O)C(C)C)c3C)C2=O)o1. The topological polar surface area (TPSA) is 65.7 Å². The summed E-state index contributed by atoms with van der Waals surface area (Å²) in [6.07, 6.45) is 1.56. The zero-order valence-corrected chi connectivity index (χ0v) is 14.0. The third kappa shape index (κ3) is 2.85. The molecule has 3 rings (SSSR count). The van der Waals surface area contributed by atoms with Crippen LogP contribution in [0, 0.1) is 19.8 Å². The molecule has 0 unspecified atom stereocenters. The van der Waals surface area contributed by atoms with Gasteiger partial charge in [0.2, 0.25) is 5.78 Å². The summed E-state index contributed by atoms with van der Waals surface area (Å²) in [5.74, 6) is 1.52. The van der Waals surface area contributed by atoms with Crippen molar-refractivity contribution < 1.29 is 23.5 Å².